The van der Waals surface area contributed by atoms with Crippen molar-refractivity contribution < 1.29 is 14.3 Å². The molecule has 0 spiro atoms. The molecule has 1 rings (SSSR count). The molecule has 0 N–H and O–H groups in total. The Hall–Kier alpha value is -1.06. The molecule has 0 aromatic carbocycles. The van der Waals surface area contributed by atoms with Crippen LogP contribution in [-0.4, -0.2) is 36.5 Å². The Morgan fingerprint density at radius 2 is 1.86 bits per heavy atom. The molecule has 4 nitrogen and oxygen atoms in total. The third kappa shape index (κ3) is 7.49. The van der Waals surface area contributed by atoms with Gasteiger partial charge in [-0.1, -0.05) is 39.0 Å². The molecule has 1 aliphatic rings. The first-order valence-corrected chi connectivity index (χ1v) is 8.60. The third-order valence-corrected chi connectivity index (χ3v) is 4.20. The van der Waals surface area contributed by atoms with Crippen LogP contribution >= 0.6 is 0 Å². The van der Waals surface area contributed by atoms with Crippen LogP contribution < -0.4 is 0 Å². The highest BCUT2D eigenvalue weighted by Crippen LogP contribution is 2.27. The molecule has 0 aromatic rings. The first-order chi connectivity index (χ1) is 10.2. The van der Waals surface area contributed by atoms with E-state index in [-0.39, 0.29) is 18.4 Å². The van der Waals surface area contributed by atoms with Gasteiger partial charge in [-0.15, -0.1) is 0 Å². The van der Waals surface area contributed by atoms with Gasteiger partial charge in [0.25, 0.3) is 0 Å². The third-order valence-electron chi connectivity index (χ3n) is 4.20. The summed E-state index contributed by atoms with van der Waals surface area (Å²) < 4.78 is 4.94. The second-order valence-corrected chi connectivity index (χ2v) is 6.02. The topological polar surface area (TPSA) is 46.6 Å². The van der Waals surface area contributed by atoms with E-state index >= 15 is 0 Å². The molecule has 0 bridgehead atoms. The smallest absolute Gasteiger partial charge is 0.325 e. The van der Waals surface area contributed by atoms with E-state index in [2.05, 4.69) is 0 Å². The minimum atomic E-state index is -0.299. The van der Waals surface area contributed by atoms with Crippen LogP contribution in [0, 0.1) is 5.92 Å². The number of hydrogen-bond acceptors (Lipinski definition) is 3. The monoisotopic (exact) mass is 297 g/mol. The summed E-state index contributed by atoms with van der Waals surface area (Å²) in [7, 11) is 0. The lowest BCUT2D eigenvalue weighted by Gasteiger charge is -2.23. The second-order valence-electron chi connectivity index (χ2n) is 6.02. The molecule has 1 saturated carbocycles. The maximum Gasteiger partial charge on any atom is 0.325 e. The zero-order valence-corrected chi connectivity index (χ0v) is 13.7. The Morgan fingerprint density at radius 3 is 2.48 bits per heavy atom. The standard InChI is InChI=1S/C17H31NO3/c1-3-13-18(14-17(20)21-4-2)16(19)12-8-11-15-9-6-5-7-10-15/h15H,3-14H2,1-2H3. The number of ether oxygens (including phenoxy) is 1. The molecule has 1 amide bonds. The quantitative estimate of drug-likeness (QED) is 0.612. The van der Waals surface area contributed by atoms with Crippen molar-refractivity contribution in [3.63, 3.8) is 0 Å². The lowest BCUT2D eigenvalue weighted by Crippen LogP contribution is -2.37. The number of hydrogen-bond donors (Lipinski definition) is 0. The summed E-state index contributed by atoms with van der Waals surface area (Å²) in [5, 5.41) is 0. The highest BCUT2D eigenvalue weighted by molar-refractivity contribution is 5.82. The number of esters is 1. The number of carbonyl (C=O) groups excluding carboxylic acids is 2. The zero-order valence-electron chi connectivity index (χ0n) is 13.7. The Bertz CT molecular complexity index is 311. The van der Waals surface area contributed by atoms with Crippen molar-refractivity contribution in [1.29, 1.82) is 0 Å². The maximum absolute atomic E-state index is 12.2. The molecule has 1 fully saturated rings. The van der Waals surface area contributed by atoms with E-state index in [0.717, 1.165) is 25.2 Å². The molecule has 4 heteroatoms. The van der Waals surface area contributed by atoms with Gasteiger partial charge in [0.2, 0.25) is 5.91 Å². The lowest BCUT2D eigenvalue weighted by molar-refractivity contribution is -0.149. The van der Waals surface area contributed by atoms with Crippen molar-refractivity contribution in [3.8, 4) is 0 Å². The van der Waals surface area contributed by atoms with Crippen molar-refractivity contribution in [3.05, 3.63) is 0 Å². The van der Waals surface area contributed by atoms with Gasteiger partial charge in [0.1, 0.15) is 6.54 Å². The van der Waals surface area contributed by atoms with Crippen LogP contribution in [0.25, 0.3) is 0 Å². The van der Waals surface area contributed by atoms with E-state index < -0.39 is 0 Å². The highest BCUT2D eigenvalue weighted by Gasteiger charge is 2.18. The Labute approximate surface area is 129 Å². The van der Waals surface area contributed by atoms with Gasteiger partial charge in [0, 0.05) is 13.0 Å². The van der Waals surface area contributed by atoms with Crippen molar-refractivity contribution in [1.82, 2.24) is 4.90 Å². The average Bonchev–Trinajstić information content (AvgIpc) is 2.48. The zero-order chi connectivity index (χ0) is 15.5. The molecule has 0 saturated heterocycles. The molecular weight excluding hydrogens is 266 g/mol. The van der Waals surface area contributed by atoms with Crippen molar-refractivity contribution in [2.75, 3.05) is 19.7 Å². The molecule has 21 heavy (non-hydrogen) atoms. The SMILES string of the molecule is CCCN(CC(=O)OCC)C(=O)CCCC1CCCCC1. The van der Waals surface area contributed by atoms with Crippen LogP contribution in [-0.2, 0) is 14.3 Å². The van der Waals surface area contributed by atoms with Gasteiger partial charge in [0.15, 0.2) is 0 Å². The van der Waals surface area contributed by atoms with E-state index in [1.54, 1.807) is 11.8 Å². The van der Waals surface area contributed by atoms with Crippen molar-refractivity contribution in [2.24, 2.45) is 5.92 Å². The fourth-order valence-electron chi connectivity index (χ4n) is 3.10. The van der Waals surface area contributed by atoms with Crippen molar-refractivity contribution in [2.45, 2.75) is 71.6 Å². The normalized spacial score (nSPS) is 15.7. The van der Waals surface area contributed by atoms with Gasteiger partial charge in [-0.3, -0.25) is 9.59 Å². The van der Waals surface area contributed by atoms with Gasteiger partial charge >= 0.3 is 5.97 Å². The average molecular weight is 297 g/mol. The van der Waals surface area contributed by atoms with Crippen LogP contribution in [0.3, 0.4) is 0 Å². The highest BCUT2D eigenvalue weighted by atomic mass is 16.5. The molecular formula is C17H31NO3. The summed E-state index contributed by atoms with van der Waals surface area (Å²) in [4.78, 5) is 25.4. The summed E-state index contributed by atoms with van der Waals surface area (Å²) in [6.07, 6.45) is 10.3. The molecule has 0 unspecified atom stereocenters. The first-order valence-electron chi connectivity index (χ1n) is 8.60. The Balaban J connectivity index is 2.28. The van der Waals surface area contributed by atoms with E-state index in [1.165, 1.54) is 32.1 Å². The van der Waals surface area contributed by atoms with Gasteiger partial charge in [-0.2, -0.15) is 0 Å². The summed E-state index contributed by atoms with van der Waals surface area (Å²) in [5.41, 5.74) is 0. The summed E-state index contributed by atoms with van der Waals surface area (Å²) in [6.45, 7) is 4.92. The summed E-state index contributed by atoms with van der Waals surface area (Å²) in [6, 6.07) is 0. The molecule has 0 atom stereocenters. The second kappa shape index (κ2) is 10.6. The number of nitrogens with zero attached hydrogens (tertiary/aromatic N) is 1. The largest absolute Gasteiger partial charge is 0.465 e. The minimum absolute atomic E-state index is 0.0979. The van der Waals surface area contributed by atoms with Crippen LogP contribution in [0.4, 0.5) is 0 Å². The first kappa shape index (κ1) is 18.0. The van der Waals surface area contributed by atoms with E-state index in [0.29, 0.717) is 19.6 Å². The van der Waals surface area contributed by atoms with Crippen molar-refractivity contribution >= 4 is 11.9 Å². The molecule has 0 aromatic heterocycles. The predicted molar refractivity (Wildman–Crippen MR) is 83.9 cm³/mol. The minimum Gasteiger partial charge on any atom is -0.465 e. The number of rotatable bonds is 9. The van der Waals surface area contributed by atoms with E-state index in [1.807, 2.05) is 6.92 Å². The Morgan fingerprint density at radius 1 is 1.14 bits per heavy atom. The molecule has 0 aliphatic heterocycles. The molecule has 0 heterocycles. The van der Waals surface area contributed by atoms with Gasteiger partial charge in [0.05, 0.1) is 6.61 Å². The fourth-order valence-corrected chi connectivity index (χ4v) is 3.10. The van der Waals surface area contributed by atoms with Gasteiger partial charge in [-0.05, 0) is 32.1 Å². The maximum atomic E-state index is 12.2. The van der Waals surface area contributed by atoms with E-state index in [4.69, 9.17) is 4.74 Å². The van der Waals surface area contributed by atoms with E-state index in [9.17, 15) is 9.59 Å². The van der Waals surface area contributed by atoms with Gasteiger partial charge < -0.3 is 9.64 Å². The molecule has 122 valence electrons. The van der Waals surface area contributed by atoms with Crippen LogP contribution in [0.2, 0.25) is 0 Å². The van der Waals surface area contributed by atoms with Crippen LogP contribution in [0.1, 0.15) is 71.6 Å². The summed E-state index contributed by atoms with van der Waals surface area (Å²) >= 11 is 0. The van der Waals surface area contributed by atoms with Crippen LogP contribution in [0.5, 0.6) is 0 Å². The number of amides is 1. The lowest BCUT2D eigenvalue weighted by atomic mass is 9.86. The fraction of sp³-hybridized carbons (Fsp3) is 0.882. The van der Waals surface area contributed by atoms with Gasteiger partial charge in [-0.25, -0.2) is 0 Å². The molecule has 0 radical (unpaired) electrons. The summed E-state index contributed by atoms with van der Waals surface area (Å²) in [5.74, 6) is 0.614. The Kier molecular flexibility index (Phi) is 9.11. The van der Waals surface area contributed by atoms with Crippen LogP contribution in [0.15, 0.2) is 0 Å². The predicted octanol–water partition coefficient (Wildman–Crippen LogP) is 3.54. The number of carbonyl (C=O) groups is 2. The molecule has 1 aliphatic carbocycles.